The number of morpholine rings is 1. The van der Waals surface area contributed by atoms with Gasteiger partial charge in [0.15, 0.2) is 5.11 Å². The van der Waals surface area contributed by atoms with Crippen LogP contribution in [0.4, 0.5) is 4.39 Å². The molecule has 1 fully saturated rings. The van der Waals surface area contributed by atoms with E-state index in [0.29, 0.717) is 21.4 Å². The summed E-state index contributed by atoms with van der Waals surface area (Å²) in [6.07, 6.45) is 0.994. The normalized spacial score (nSPS) is 16.0. The summed E-state index contributed by atoms with van der Waals surface area (Å²) >= 11 is 11.2. The Hall–Kier alpha value is -1.28. The highest BCUT2D eigenvalue weighted by Gasteiger charge is 2.09. The van der Waals surface area contributed by atoms with Gasteiger partial charge in [0.25, 0.3) is 0 Å². The second-order valence-electron chi connectivity index (χ2n) is 5.50. The highest BCUT2D eigenvalue weighted by atomic mass is 35.5. The standard InChI is InChI=1S/C16H22ClFN4OS/c1-12(14-4-3-13(18)11-15(14)17)20-21-16(24)19-5-2-6-22-7-9-23-10-8-22/h3-4,11H,2,5-10H2,1H3,(H2,19,21,24)/b20-12-. The molecular formula is C16H22ClFN4OS. The summed E-state index contributed by atoms with van der Waals surface area (Å²) in [5, 5.41) is 8.07. The van der Waals surface area contributed by atoms with Crippen molar-refractivity contribution >= 4 is 34.6 Å². The van der Waals surface area contributed by atoms with Crippen molar-refractivity contribution in [3.8, 4) is 0 Å². The van der Waals surface area contributed by atoms with Crippen LogP contribution in [-0.2, 0) is 4.74 Å². The minimum absolute atomic E-state index is 0.322. The van der Waals surface area contributed by atoms with Crippen molar-refractivity contribution in [2.45, 2.75) is 13.3 Å². The number of hydrazone groups is 1. The van der Waals surface area contributed by atoms with Crippen LogP contribution in [-0.4, -0.2) is 55.1 Å². The Morgan fingerprint density at radius 3 is 2.88 bits per heavy atom. The van der Waals surface area contributed by atoms with Crippen LogP contribution in [0.15, 0.2) is 23.3 Å². The van der Waals surface area contributed by atoms with Gasteiger partial charge in [-0.1, -0.05) is 11.6 Å². The maximum atomic E-state index is 13.1. The lowest BCUT2D eigenvalue weighted by Crippen LogP contribution is -2.39. The second-order valence-corrected chi connectivity index (χ2v) is 6.31. The zero-order valence-electron chi connectivity index (χ0n) is 13.6. The topological polar surface area (TPSA) is 48.9 Å². The lowest BCUT2D eigenvalue weighted by molar-refractivity contribution is 0.0376. The smallest absolute Gasteiger partial charge is 0.186 e. The van der Waals surface area contributed by atoms with Crippen LogP contribution >= 0.6 is 23.8 Å². The Bertz CT molecular complexity index is 593. The summed E-state index contributed by atoms with van der Waals surface area (Å²) in [4.78, 5) is 2.38. The van der Waals surface area contributed by atoms with Crippen LogP contribution < -0.4 is 10.7 Å². The maximum Gasteiger partial charge on any atom is 0.186 e. The van der Waals surface area contributed by atoms with Gasteiger partial charge in [0.05, 0.1) is 23.9 Å². The molecule has 2 N–H and O–H groups in total. The summed E-state index contributed by atoms with van der Waals surface area (Å²) in [6.45, 7) is 7.19. The zero-order chi connectivity index (χ0) is 17.4. The first-order valence-electron chi connectivity index (χ1n) is 7.90. The van der Waals surface area contributed by atoms with Gasteiger partial charge in [-0.25, -0.2) is 4.39 Å². The van der Waals surface area contributed by atoms with E-state index in [4.69, 9.17) is 28.6 Å². The molecule has 1 aliphatic heterocycles. The highest BCUT2D eigenvalue weighted by molar-refractivity contribution is 7.80. The molecule has 0 bridgehead atoms. The molecule has 1 aliphatic rings. The van der Waals surface area contributed by atoms with E-state index >= 15 is 0 Å². The number of nitrogens with zero attached hydrogens (tertiary/aromatic N) is 2. The average Bonchev–Trinajstić information content (AvgIpc) is 2.57. The van der Waals surface area contributed by atoms with Crippen molar-refractivity contribution in [3.63, 3.8) is 0 Å². The van der Waals surface area contributed by atoms with Crippen LogP contribution in [0.5, 0.6) is 0 Å². The van der Waals surface area contributed by atoms with Gasteiger partial charge in [0.1, 0.15) is 5.82 Å². The van der Waals surface area contributed by atoms with E-state index < -0.39 is 0 Å². The molecule has 5 nitrogen and oxygen atoms in total. The number of ether oxygens (including phenoxy) is 1. The first kappa shape index (κ1) is 19.1. The molecule has 0 atom stereocenters. The van der Waals surface area contributed by atoms with E-state index in [-0.39, 0.29) is 5.82 Å². The minimum atomic E-state index is -0.373. The van der Waals surface area contributed by atoms with Gasteiger partial charge in [-0.2, -0.15) is 5.10 Å². The summed E-state index contributed by atoms with van der Waals surface area (Å²) in [5.41, 5.74) is 4.09. The molecule has 0 radical (unpaired) electrons. The third-order valence-electron chi connectivity index (χ3n) is 3.69. The first-order chi connectivity index (χ1) is 11.6. The molecule has 1 heterocycles. The molecule has 24 heavy (non-hydrogen) atoms. The molecule has 0 saturated carbocycles. The Morgan fingerprint density at radius 1 is 1.42 bits per heavy atom. The maximum absolute atomic E-state index is 13.1. The average molecular weight is 373 g/mol. The van der Waals surface area contributed by atoms with Crippen LogP contribution in [0, 0.1) is 5.82 Å². The van der Waals surface area contributed by atoms with E-state index in [9.17, 15) is 4.39 Å². The van der Waals surface area contributed by atoms with E-state index in [0.717, 1.165) is 45.8 Å². The number of halogens is 2. The number of rotatable bonds is 6. The van der Waals surface area contributed by atoms with Crippen molar-refractivity contribution in [1.82, 2.24) is 15.6 Å². The van der Waals surface area contributed by atoms with E-state index in [2.05, 4.69) is 20.7 Å². The van der Waals surface area contributed by atoms with Gasteiger partial charge < -0.3 is 10.1 Å². The van der Waals surface area contributed by atoms with E-state index in [1.807, 2.05) is 0 Å². The van der Waals surface area contributed by atoms with Crippen molar-refractivity contribution in [2.24, 2.45) is 5.10 Å². The van der Waals surface area contributed by atoms with Crippen molar-refractivity contribution in [2.75, 3.05) is 39.4 Å². The molecule has 0 aliphatic carbocycles. The first-order valence-corrected chi connectivity index (χ1v) is 8.68. The third-order valence-corrected chi connectivity index (χ3v) is 4.23. The summed E-state index contributed by atoms with van der Waals surface area (Å²) in [7, 11) is 0. The zero-order valence-corrected chi connectivity index (χ0v) is 15.2. The minimum Gasteiger partial charge on any atom is -0.379 e. The van der Waals surface area contributed by atoms with Gasteiger partial charge >= 0.3 is 0 Å². The molecule has 1 aromatic rings. The third kappa shape index (κ3) is 6.32. The predicted molar refractivity (Wildman–Crippen MR) is 99.2 cm³/mol. The molecule has 0 unspecified atom stereocenters. The highest BCUT2D eigenvalue weighted by Crippen LogP contribution is 2.17. The molecule has 132 valence electrons. The molecule has 8 heteroatoms. The second kappa shape index (κ2) is 9.88. The van der Waals surface area contributed by atoms with E-state index in [1.165, 1.54) is 12.1 Å². The Labute approximate surface area is 152 Å². The molecule has 1 saturated heterocycles. The SMILES string of the molecule is C/C(=N/NC(=S)NCCCN1CCOCC1)c1ccc(F)cc1Cl. The fraction of sp³-hybridized carbons (Fsp3) is 0.500. The van der Waals surface area contributed by atoms with Crippen LogP contribution in [0.25, 0.3) is 0 Å². The lowest BCUT2D eigenvalue weighted by Gasteiger charge is -2.26. The number of benzene rings is 1. The van der Waals surface area contributed by atoms with E-state index in [1.54, 1.807) is 13.0 Å². The van der Waals surface area contributed by atoms with Gasteiger partial charge in [0.2, 0.25) is 0 Å². The summed E-state index contributed by atoms with van der Waals surface area (Å²) in [6, 6.07) is 4.21. The molecule has 2 rings (SSSR count). The fourth-order valence-electron chi connectivity index (χ4n) is 2.35. The number of hydrogen-bond acceptors (Lipinski definition) is 4. The largest absolute Gasteiger partial charge is 0.379 e. The quantitative estimate of drug-likeness (QED) is 0.347. The Morgan fingerprint density at radius 2 is 2.17 bits per heavy atom. The van der Waals surface area contributed by atoms with Gasteiger partial charge in [-0.3, -0.25) is 10.3 Å². The monoisotopic (exact) mass is 372 g/mol. The number of thiocarbonyl (C=S) groups is 1. The van der Waals surface area contributed by atoms with Crippen molar-refractivity contribution in [1.29, 1.82) is 0 Å². The molecule has 0 spiro atoms. The Balaban J connectivity index is 1.69. The van der Waals surface area contributed by atoms with Gasteiger partial charge in [-0.15, -0.1) is 0 Å². The number of nitrogens with one attached hydrogen (secondary N) is 2. The van der Waals surface area contributed by atoms with Crippen molar-refractivity contribution < 1.29 is 9.13 Å². The molecule has 0 amide bonds. The van der Waals surface area contributed by atoms with Crippen molar-refractivity contribution in [3.05, 3.63) is 34.6 Å². The molecule has 0 aromatic heterocycles. The van der Waals surface area contributed by atoms with Crippen LogP contribution in [0.2, 0.25) is 5.02 Å². The Kier molecular flexibility index (Phi) is 7.84. The fourth-order valence-corrected chi connectivity index (χ4v) is 2.80. The van der Waals surface area contributed by atoms with Gasteiger partial charge in [-0.05, 0) is 50.3 Å². The number of hydrogen-bond donors (Lipinski definition) is 2. The summed E-state index contributed by atoms with van der Waals surface area (Å²) < 4.78 is 18.4. The summed E-state index contributed by atoms with van der Waals surface area (Å²) in [5.74, 6) is -0.373. The van der Waals surface area contributed by atoms with Crippen LogP contribution in [0.1, 0.15) is 18.9 Å². The lowest BCUT2D eigenvalue weighted by atomic mass is 10.1. The van der Waals surface area contributed by atoms with Gasteiger partial charge in [0, 0.05) is 25.2 Å². The molecule has 1 aromatic carbocycles. The van der Waals surface area contributed by atoms with Crippen LogP contribution in [0.3, 0.4) is 0 Å². The predicted octanol–water partition coefficient (Wildman–Crippen LogP) is 2.39. The molecular weight excluding hydrogens is 351 g/mol.